The van der Waals surface area contributed by atoms with Crippen molar-refractivity contribution in [3.05, 3.63) is 64.3 Å². The lowest BCUT2D eigenvalue weighted by Crippen LogP contribution is -2.49. The number of hydrogen-bond donors (Lipinski definition) is 3. The van der Waals surface area contributed by atoms with E-state index in [-0.39, 0.29) is 5.91 Å². The minimum atomic E-state index is -0.898. The second-order valence-corrected chi connectivity index (χ2v) is 6.88. The number of para-hydroxylation sites is 1. The van der Waals surface area contributed by atoms with Crippen molar-refractivity contribution in [1.29, 1.82) is 0 Å². The van der Waals surface area contributed by atoms with Crippen molar-refractivity contribution in [3.63, 3.8) is 0 Å². The standard InChI is InChI=1S/C19H16ClN3O/c20-11-7-8-16-14(10-11)19(18(24)23-16)17-13(5-3-9-21-19)12-4-1-2-6-15(12)22-17/h1-2,4,6-8,10,21-22H,3,5,9H2,(H,23,24). The van der Waals surface area contributed by atoms with Crippen LogP contribution >= 0.6 is 11.6 Å². The third kappa shape index (κ3) is 1.70. The summed E-state index contributed by atoms with van der Waals surface area (Å²) in [6.07, 6.45) is 1.93. The van der Waals surface area contributed by atoms with Gasteiger partial charge in [0.2, 0.25) is 0 Å². The number of anilines is 1. The zero-order chi connectivity index (χ0) is 16.3. The van der Waals surface area contributed by atoms with Crippen LogP contribution in [0.3, 0.4) is 0 Å². The number of benzene rings is 2. The van der Waals surface area contributed by atoms with E-state index in [2.05, 4.69) is 27.8 Å². The Labute approximate surface area is 144 Å². The Hall–Kier alpha value is -2.30. The Bertz CT molecular complexity index is 993. The number of rotatable bonds is 0. The van der Waals surface area contributed by atoms with Crippen LogP contribution in [0.5, 0.6) is 0 Å². The number of hydrogen-bond acceptors (Lipinski definition) is 2. The van der Waals surface area contributed by atoms with Gasteiger partial charge < -0.3 is 10.3 Å². The fraction of sp³-hybridized carbons (Fsp3) is 0.211. The van der Waals surface area contributed by atoms with E-state index in [0.29, 0.717) is 5.02 Å². The molecule has 24 heavy (non-hydrogen) atoms. The highest BCUT2D eigenvalue weighted by molar-refractivity contribution is 6.31. The van der Waals surface area contributed by atoms with Crippen LogP contribution in [0, 0.1) is 0 Å². The fourth-order valence-electron chi connectivity index (χ4n) is 4.11. The first-order valence-electron chi connectivity index (χ1n) is 8.17. The smallest absolute Gasteiger partial charge is 0.255 e. The predicted octanol–water partition coefficient (Wildman–Crippen LogP) is 3.55. The minimum absolute atomic E-state index is 0.0468. The molecule has 120 valence electrons. The monoisotopic (exact) mass is 337 g/mol. The maximum Gasteiger partial charge on any atom is 0.255 e. The van der Waals surface area contributed by atoms with Crippen LogP contribution in [-0.4, -0.2) is 17.4 Å². The summed E-state index contributed by atoms with van der Waals surface area (Å²) < 4.78 is 0. The van der Waals surface area contributed by atoms with Gasteiger partial charge in [0.05, 0.1) is 5.69 Å². The molecule has 1 spiro atoms. The van der Waals surface area contributed by atoms with E-state index >= 15 is 0 Å². The third-order valence-corrected chi connectivity index (χ3v) is 5.39. The van der Waals surface area contributed by atoms with Crippen molar-refractivity contribution >= 4 is 34.1 Å². The van der Waals surface area contributed by atoms with Gasteiger partial charge >= 0.3 is 0 Å². The highest BCUT2D eigenvalue weighted by Crippen LogP contribution is 2.45. The van der Waals surface area contributed by atoms with Crippen LogP contribution in [0.4, 0.5) is 5.69 Å². The van der Waals surface area contributed by atoms with E-state index in [4.69, 9.17) is 11.6 Å². The molecule has 0 saturated heterocycles. The molecule has 0 aliphatic carbocycles. The Morgan fingerprint density at radius 2 is 2.00 bits per heavy atom. The number of aryl methyl sites for hydroxylation is 1. The van der Waals surface area contributed by atoms with Gasteiger partial charge in [-0.3, -0.25) is 10.1 Å². The molecule has 2 aromatic carbocycles. The van der Waals surface area contributed by atoms with Gasteiger partial charge in [-0.25, -0.2) is 0 Å². The Morgan fingerprint density at radius 3 is 2.92 bits per heavy atom. The van der Waals surface area contributed by atoms with Gasteiger partial charge in [0, 0.05) is 27.2 Å². The zero-order valence-corrected chi connectivity index (χ0v) is 13.7. The molecule has 0 bridgehead atoms. The van der Waals surface area contributed by atoms with Crippen LogP contribution in [0.25, 0.3) is 10.9 Å². The van der Waals surface area contributed by atoms with Crippen molar-refractivity contribution < 1.29 is 4.79 Å². The maximum atomic E-state index is 13.1. The predicted molar refractivity (Wildman–Crippen MR) is 95.5 cm³/mol. The topological polar surface area (TPSA) is 56.9 Å². The number of halogens is 1. The number of amides is 1. The highest BCUT2D eigenvalue weighted by Gasteiger charge is 2.51. The average Bonchev–Trinajstić information content (AvgIpc) is 3.00. The molecule has 5 heteroatoms. The van der Waals surface area contributed by atoms with E-state index in [0.717, 1.165) is 41.8 Å². The van der Waals surface area contributed by atoms with E-state index in [1.807, 2.05) is 30.3 Å². The second-order valence-electron chi connectivity index (χ2n) is 6.45. The normalized spacial score (nSPS) is 22.3. The van der Waals surface area contributed by atoms with Crippen LogP contribution in [0.15, 0.2) is 42.5 Å². The largest absolute Gasteiger partial charge is 0.356 e. The minimum Gasteiger partial charge on any atom is -0.356 e. The Morgan fingerprint density at radius 1 is 1.12 bits per heavy atom. The molecule has 3 heterocycles. The third-order valence-electron chi connectivity index (χ3n) is 5.16. The number of carbonyl (C=O) groups excluding carboxylic acids is 1. The summed E-state index contributed by atoms with van der Waals surface area (Å²) >= 11 is 6.24. The second kappa shape index (κ2) is 4.85. The molecular formula is C19H16ClN3O. The van der Waals surface area contributed by atoms with Gasteiger partial charge in [-0.2, -0.15) is 0 Å². The van der Waals surface area contributed by atoms with E-state index in [1.54, 1.807) is 0 Å². The van der Waals surface area contributed by atoms with Gasteiger partial charge in [0.1, 0.15) is 0 Å². The first-order chi connectivity index (χ1) is 11.7. The molecule has 3 aromatic rings. The summed E-state index contributed by atoms with van der Waals surface area (Å²) in [6.45, 7) is 0.774. The summed E-state index contributed by atoms with van der Waals surface area (Å²) in [6, 6.07) is 13.8. The molecule has 1 unspecified atom stereocenters. The number of aromatic nitrogens is 1. The lowest BCUT2D eigenvalue weighted by Gasteiger charge is -2.27. The van der Waals surface area contributed by atoms with Crippen molar-refractivity contribution in [1.82, 2.24) is 10.3 Å². The summed E-state index contributed by atoms with van der Waals surface area (Å²) in [7, 11) is 0. The highest BCUT2D eigenvalue weighted by atomic mass is 35.5. The van der Waals surface area contributed by atoms with Crippen LogP contribution < -0.4 is 10.6 Å². The van der Waals surface area contributed by atoms with Crippen LogP contribution in [-0.2, 0) is 16.8 Å². The SMILES string of the molecule is O=C1Nc2ccc(Cl)cc2C12NCCCc1c2[nH]c2ccccc12. The molecular weight excluding hydrogens is 322 g/mol. The fourth-order valence-corrected chi connectivity index (χ4v) is 4.28. The van der Waals surface area contributed by atoms with Gasteiger partial charge in [-0.1, -0.05) is 29.8 Å². The number of fused-ring (bicyclic) bond motifs is 6. The quantitative estimate of drug-likeness (QED) is 0.587. The van der Waals surface area contributed by atoms with Gasteiger partial charge in [-0.05, 0) is 49.2 Å². The lowest BCUT2D eigenvalue weighted by atomic mass is 9.85. The zero-order valence-electron chi connectivity index (χ0n) is 12.9. The molecule has 5 rings (SSSR count). The van der Waals surface area contributed by atoms with E-state index in [1.165, 1.54) is 10.9 Å². The summed E-state index contributed by atoms with van der Waals surface area (Å²) in [5.74, 6) is -0.0468. The van der Waals surface area contributed by atoms with E-state index in [9.17, 15) is 4.79 Å². The molecule has 1 atom stereocenters. The number of H-pyrrole nitrogens is 1. The molecule has 4 nitrogen and oxygen atoms in total. The van der Waals surface area contributed by atoms with Gasteiger partial charge in [-0.15, -0.1) is 0 Å². The number of aromatic amines is 1. The summed E-state index contributed by atoms with van der Waals surface area (Å²) in [5, 5.41) is 8.35. The van der Waals surface area contributed by atoms with Crippen molar-refractivity contribution in [2.45, 2.75) is 18.4 Å². The Kier molecular flexibility index (Phi) is 2.84. The molecule has 0 radical (unpaired) electrons. The molecule has 0 fully saturated rings. The number of carbonyl (C=O) groups is 1. The van der Waals surface area contributed by atoms with Gasteiger partial charge in [0.15, 0.2) is 5.54 Å². The van der Waals surface area contributed by atoms with Crippen LogP contribution in [0.1, 0.15) is 23.2 Å². The van der Waals surface area contributed by atoms with Crippen LogP contribution in [0.2, 0.25) is 5.02 Å². The Balaban J connectivity index is 1.87. The average molecular weight is 338 g/mol. The summed E-state index contributed by atoms with van der Waals surface area (Å²) in [5.41, 5.74) is 4.05. The molecule has 1 aromatic heterocycles. The first kappa shape index (κ1) is 14.1. The molecule has 2 aliphatic heterocycles. The molecule has 1 amide bonds. The van der Waals surface area contributed by atoms with Crippen molar-refractivity contribution in [2.24, 2.45) is 0 Å². The maximum absolute atomic E-state index is 13.1. The van der Waals surface area contributed by atoms with Crippen molar-refractivity contribution in [3.8, 4) is 0 Å². The van der Waals surface area contributed by atoms with E-state index < -0.39 is 5.54 Å². The molecule has 0 saturated carbocycles. The molecule has 3 N–H and O–H groups in total. The summed E-state index contributed by atoms with van der Waals surface area (Å²) in [4.78, 5) is 16.6. The lowest BCUT2D eigenvalue weighted by molar-refractivity contribution is -0.120. The molecule has 2 aliphatic rings. The van der Waals surface area contributed by atoms with Gasteiger partial charge in [0.25, 0.3) is 5.91 Å². The first-order valence-corrected chi connectivity index (χ1v) is 8.54. The van der Waals surface area contributed by atoms with Crippen molar-refractivity contribution in [2.75, 3.05) is 11.9 Å². The number of nitrogens with one attached hydrogen (secondary N) is 3.